The molecule has 0 spiro atoms. The summed E-state index contributed by atoms with van der Waals surface area (Å²) in [5.41, 5.74) is 3.13. The highest BCUT2D eigenvalue weighted by atomic mass is 79.9. The molecule has 1 aliphatic rings. The Bertz CT molecular complexity index is 1260. The van der Waals surface area contributed by atoms with Gasteiger partial charge in [-0.1, -0.05) is 35.9 Å². The number of halogens is 3. The first-order valence-electron chi connectivity index (χ1n) is 9.60. The number of nitrogens with zero attached hydrogens (tertiary/aromatic N) is 1. The van der Waals surface area contributed by atoms with Crippen LogP contribution in [-0.4, -0.2) is 11.1 Å². The number of nitrogens with one attached hydrogen (secondary N) is 1. The van der Waals surface area contributed by atoms with Crippen LogP contribution in [0.3, 0.4) is 0 Å². The molecule has 162 valence electrons. The number of ether oxygens (including phenoxy) is 1. The predicted octanol–water partition coefficient (Wildman–Crippen LogP) is 7.02. The van der Waals surface area contributed by atoms with Gasteiger partial charge in [-0.2, -0.15) is 0 Å². The van der Waals surface area contributed by atoms with E-state index in [1.165, 1.54) is 23.9 Å². The van der Waals surface area contributed by atoms with E-state index in [1.54, 1.807) is 30.3 Å². The lowest BCUT2D eigenvalue weighted by Crippen LogP contribution is -2.19. The second-order valence-electron chi connectivity index (χ2n) is 6.97. The Balaban J connectivity index is 1.47. The zero-order chi connectivity index (χ0) is 22.7. The van der Waals surface area contributed by atoms with Crippen LogP contribution in [0.1, 0.15) is 16.7 Å². The molecular weight excluding hydrogens is 515 g/mol. The maximum Gasteiger partial charge on any atom is 0.264 e. The molecule has 3 aromatic carbocycles. The number of rotatable bonds is 5. The van der Waals surface area contributed by atoms with Gasteiger partial charge in [0.1, 0.15) is 18.2 Å². The number of thioether (sulfide) groups is 1. The summed E-state index contributed by atoms with van der Waals surface area (Å²) < 4.78 is 19.8. The van der Waals surface area contributed by atoms with Gasteiger partial charge in [-0.25, -0.2) is 9.38 Å². The second-order valence-corrected chi connectivity index (χ2v) is 9.27. The van der Waals surface area contributed by atoms with Gasteiger partial charge < -0.3 is 10.1 Å². The molecule has 0 aromatic heterocycles. The van der Waals surface area contributed by atoms with Gasteiger partial charge in [0.15, 0.2) is 5.17 Å². The molecule has 1 fully saturated rings. The minimum absolute atomic E-state index is 0.212. The third kappa shape index (κ3) is 5.41. The van der Waals surface area contributed by atoms with Crippen LogP contribution >= 0.6 is 39.3 Å². The summed E-state index contributed by atoms with van der Waals surface area (Å²) in [5, 5.41) is 3.91. The molecule has 0 aliphatic carbocycles. The normalized spacial score (nSPS) is 15.9. The van der Waals surface area contributed by atoms with Crippen LogP contribution in [0.25, 0.3) is 6.08 Å². The number of aliphatic imine (C=N–C) groups is 1. The fourth-order valence-electron chi connectivity index (χ4n) is 2.97. The zero-order valence-electron chi connectivity index (χ0n) is 16.9. The molecule has 4 rings (SSSR count). The van der Waals surface area contributed by atoms with Crippen LogP contribution in [0.4, 0.5) is 10.1 Å². The first kappa shape index (κ1) is 22.6. The van der Waals surface area contributed by atoms with Gasteiger partial charge in [-0.05, 0) is 93.8 Å². The van der Waals surface area contributed by atoms with Crippen molar-refractivity contribution in [3.63, 3.8) is 0 Å². The molecule has 1 aliphatic heterocycles. The first-order valence-corrected chi connectivity index (χ1v) is 11.6. The van der Waals surface area contributed by atoms with Gasteiger partial charge in [0.25, 0.3) is 5.91 Å². The highest BCUT2D eigenvalue weighted by molar-refractivity contribution is 9.10. The van der Waals surface area contributed by atoms with Crippen LogP contribution in [-0.2, 0) is 11.4 Å². The van der Waals surface area contributed by atoms with Crippen LogP contribution in [0.2, 0.25) is 5.02 Å². The number of benzene rings is 3. The monoisotopic (exact) mass is 530 g/mol. The Kier molecular flexibility index (Phi) is 6.98. The quantitative estimate of drug-likeness (QED) is 0.360. The maximum absolute atomic E-state index is 13.3. The standard InChI is InChI=1S/C24H17BrClFN2O2S/c1-14-19(26)6-3-7-20(14)28-24-29-23(30)22(32-24)12-15-8-9-21(18(25)11-15)31-13-16-4-2-5-17(27)10-16/h2-12H,13H2,1H3,(H,28,29,30)/b22-12+. The van der Waals surface area contributed by atoms with Gasteiger partial charge in [0, 0.05) is 5.02 Å². The molecule has 0 radical (unpaired) electrons. The van der Waals surface area contributed by atoms with Crippen molar-refractivity contribution in [3.05, 3.63) is 97.6 Å². The minimum Gasteiger partial charge on any atom is -0.488 e. The van der Waals surface area contributed by atoms with Crippen LogP contribution in [0.15, 0.2) is 75.0 Å². The number of hydrogen-bond donors (Lipinski definition) is 1. The largest absolute Gasteiger partial charge is 0.488 e. The van der Waals surface area contributed by atoms with E-state index in [0.29, 0.717) is 26.5 Å². The third-order valence-corrected chi connectivity index (χ3v) is 6.59. The lowest BCUT2D eigenvalue weighted by atomic mass is 10.2. The van der Waals surface area contributed by atoms with Gasteiger partial charge in [-0.15, -0.1) is 0 Å². The van der Waals surface area contributed by atoms with Crippen LogP contribution in [0.5, 0.6) is 5.75 Å². The molecule has 4 nitrogen and oxygen atoms in total. The summed E-state index contributed by atoms with van der Waals surface area (Å²) in [7, 11) is 0. The van der Waals surface area contributed by atoms with Crippen molar-refractivity contribution in [1.29, 1.82) is 0 Å². The Morgan fingerprint density at radius 3 is 2.78 bits per heavy atom. The van der Waals surface area contributed by atoms with Crippen molar-refractivity contribution >= 4 is 62.1 Å². The molecule has 32 heavy (non-hydrogen) atoms. The molecule has 1 heterocycles. The highest BCUT2D eigenvalue weighted by Gasteiger charge is 2.24. The van der Waals surface area contributed by atoms with Crippen molar-refractivity contribution in [2.45, 2.75) is 13.5 Å². The van der Waals surface area contributed by atoms with Gasteiger partial charge in [-0.3, -0.25) is 4.79 Å². The molecule has 0 unspecified atom stereocenters. The second kappa shape index (κ2) is 9.90. The highest BCUT2D eigenvalue weighted by Crippen LogP contribution is 2.33. The number of amides is 1. The van der Waals surface area contributed by atoms with E-state index in [9.17, 15) is 9.18 Å². The molecule has 0 bridgehead atoms. The number of hydrogen-bond acceptors (Lipinski definition) is 4. The van der Waals surface area contributed by atoms with Crippen LogP contribution in [0, 0.1) is 12.7 Å². The number of carbonyl (C=O) groups excluding carboxylic acids is 1. The Labute approximate surface area is 202 Å². The van der Waals surface area contributed by atoms with Crippen molar-refractivity contribution < 1.29 is 13.9 Å². The smallest absolute Gasteiger partial charge is 0.264 e. The molecule has 0 atom stereocenters. The summed E-state index contributed by atoms with van der Waals surface area (Å²) in [5.74, 6) is 0.113. The van der Waals surface area contributed by atoms with E-state index < -0.39 is 0 Å². The fourth-order valence-corrected chi connectivity index (χ4v) is 4.49. The lowest BCUT2D eigenvalue weighted by Gasteiger charge is -2.09. The number of amidine groups is 1. The Hall–Kier alpha value is -2.61. The van der Waals surface area contributed by atoms with E-state index in [2.05, 4.69) is 26.2 Å². The SMILES string of the molecule is Cc1c(Cl)cccc1N=C1NC(=O)/C(=C\c2ccc(OCc3cccc(F)c3)c(Br)c2)S1. The molecule has 1 N–H and O–H groups in total. The molecule has 0 saturated carbocycles. The molecule has 1 saturated heterocycles. The minimum atomic E-state index is -0.298. The van der Waals surface area contributed by atoms with E-state index in [0.717, 1.165) is 21.2 Å². The Morgan fingerprint density at radius 1 is 1.19 bits per heavy atom. The van der Waals surface area contributed by atoms with Gasteiger partial charge in [0.2, 0.25) is 0 Å². The summed E-state index contributed by atoms with van der Waals surface area (Å²) in [6, 6.07) is 17.3. The molecule has 1 amide bonds. The predicted molar refractivity (Wildman–Crippen MR) is 132 cm³/mol. The summed E-state index contributed by atoms with van der Waals surface area (Å²) >= 11 is 10.9. The zero-order valence-corrected chi connectivity index (χ0v) is 20.0. The van der Waals surface area contributed by atoms with Crippen molar-refractivity contribution in [1.82, 2.24) is 5.32 Å². The lowest BCUT2D eigenvalue weighted by molar-refractivity contribution is -0.115. The molecule has 3 aromatic rings. The van der Waals surface area contributed by atoms with Crippen molar-refractivity contribution in [2.24, 2.45) is 4.99 Å². The van der Waals surface area contributed by atoms with E-state index in [4.69, 9.17) is 16.3 Å². The van der Waals surface area contributed by atoms with Crippen molar-refractivity contribution in [2.75, 3.05) is 0 Å². The fraction of sp³-hybridized carbons (Fsp3) is 0.0833. The first-order chi connectivity index (χ1) is 15.4. The van der Waals surface area contributed by atoms with Crippen LogP contribution < -0.4 is 10.1 Å². The third-order valence-electron chi connectivity index (χ3n) is 4.65. The average molecular weight is 532 g/mol. The average Bonchev–Trinajstić information content (AvgIpc) is 3.09. The van der Waals surface area contributed by atoms with E-state index >= 15 is 0 Å². The molecule has 8 heteroatoms. The van der Waals surface area contributed by atoms with Crippen molar-refractivity contribution in [3.8, 4) is 5.75 Å². The summed E-state index contributed by atoms with van der Waals surface area (Å²) in [6.45, 7) is 2.13. The summed E-state index contributed by atoms with van der Waals surface area (Å²) in [6.07, 6.45) is 1.79. The van der Waals surface area contributed by atoms with E-state index in [1.807, 2.05) is 31.2 Å². The number of carbonyl (C=O) groups is 1. The Morgan fingerprint density at radius 2 is 2.00 bits per heavy atom. The maximum atomic E-state index is 13.3. The topological polar surface area (TPSA) is 50.7 Å². The summed E-state index contributed by atoms with van der Waals surface area (Å²) in [4.78, 5) is 17.4. The van der Waals surface area contributed by atoms with Gasteiger partial charge >= 0.3 is 0 Å². The van der Waals surface area contributed by atoms with Gasteiger partial charge in [0.05, 0.1) is 15.1 Å². The van der Waals surface area contributed by atoms with E-state index in [-0.39, 0.29) is 18.3 Å². The molecular formula is C24H17BrClFN2O2S.